The van der Waals surface area contributed by atoms with E-state index in [2.05, 4.69) is 16.5 Å². The fourth-order valence-corrected chi connectivity index (χ4v) is 2.93. The first-order valence-corrected chi connectivity index (χ1v) is 7.14. The maximum absolute atomic E-state index is 11.1. The molecule has 2 heterocycles. The Morgan fingerprint density at radius 1 is 1.33 bits per heavy atom. The van der Waals surface area contributed by atoms with Crippen LogP contribution in [0.2, 0.25) is 0 Å². The Kier molecular flexibility index (Phi) is 3.37. The maximum atomic E-state index is 11.1. The standard InChI is InChI=1S/C15H18N4O2/c1-3-11-9-14-12(10-13(11)19(20)21)16-15(17(14)2)18-7-5-4-6-8-18/h3,9-10H,1,4-8H2,2H3. The Bertz CT molecular complexity index is 714. The van der Waals surface area contributed by atoms with Crippen molar-refractivity contribution >= 4 is 28.7 Å². The highest BCUT2D eigenvalue weighted by Crippen LogP contribution is 2.30. The van der Waals surface area contributed by atoms with Crippen LogP contribution in [0.1, 0.15) is 24.8 Å². The third-order valence-electron chi connectivity index (χ3n) is 4.06. The predicted octanol–water partition coefficient (Wildman–Crippen LogP) is 3.11. The number of nitrogens with zero attached hydrogens (tertiary/aromatic N) is 4. The van der Waals surface area contributed by atoms with Gasteiger partial charge in [-0.15, -0.1) is 0 Å². The van der Waals surface area contributed by atoms with Crippen LogP contribution in [0, 0.1) is 10.1 Å². The number of piperidine rings is 1. The molecule has 21 heavy (non-hydrogen) atoms. The minimum atomic E-state index is -0.383. The third kappa shape index (κ3) is 2.26. The Balaban J connectivity index is 2.14. The molecule has 1 aromatic carbocycles. The molecule has 1 saturated heterocycles. The summed E-state index contributed by atoms with van der Waals surface area (Å²) < 4.78 is 2.01. The highest BCUT2D eigenvalue weighted by molar-refractivity contribution is 5.85. The van der Waals surface area contributed by atoms with Gasteiger partial charge in [0.15, 0.2) is 0 Å². The van der Waals surface area contributed by atoms with E-state index < -0.39 is 0 Å². The number of hydrogen-bond donors (Lipinski definition) is 0. The van der Waals surface area contributed by atoms with E-state index in [0.29, 0.717) is 11.1 Å². The number of nitro groups is 1. The van der Waals surface area contributed by atoms with Crippen LogP contribution < -0.4 is 4.90 Å². The molecule has 0 atom stereocenters. The van der Waals surface area contributed by atoms with Gasteiger partial charge >= 0.3 is 0 Å². The third-order valence-corrected chi connectivity index (χ3v) is 4.06. The molecular weight excluding hydrogens is 268 g/mol. The van der Waals surface area contributed by atoms with Gasteiger partial charge < -0.3 is 9.47 Å². The molecule has 1 aliphatic rings. The van der Waals surface area contributed by atoms with E-state index in [1.54, 1.807) is 12.1 Å². The lowest BCUT2D eigenvalue weighted by Crippen LogP contribution is -2.31. The zero-order valence-corrected chi connectivity index (χ0v) is 12.1. The Labute approximate surface area is 122 Å². The van der Waals surface area contributed by atoms with Crippen LogP contribution in [-0.2, 0) is 7.05 Å². The zero-order valence-electron chi connectivity index (χ0n) is 12.1. The van der Waals surface area contributed by atoms with E-state index in [1.807, 2.05) is 11.6 Å². The van der Waals surface area contributed by atoms with Crippen LogP contribution in [0.15, 0.2) is 18.7 Å². The summed E-state index contributed by atoms with van der Waals surface area (Å²) in [6, 6.07) is 3.33. The number of fused-ring (bicyclic) bond motifs is 1. The molecule has 1 fully saturated rings. The molecule has 110 valence electrons. The molecule has 6 heteroatoms. The molecule has 0 aliphatic carbocycles. The van der Waals surface area contributed by atoms with Gasteiger partial charge in [-0.3, -0.25) is 10.1 Å². The number of benzene rings is 1. The average Bonchev–Trinajstić information content (AvgIpc) is 2.83. The molecule has 0 bridgehead atoms. The summed E-state index contributed by atoms with van der Waals surface area (Å²) in [6.45, 7) is 5.65. The van der Waals surface area contributed by atoms with Gasteiger partial charge in [0.2, 0.25) is 5.95 Å². The van der Waals surface area contributed by atoms with Crippen molar-refractivity contribution in [2.24, 2.45) is 7.05 Å². The average molecular weight is 286 g/mol. The highest BCUT2D eigenvalue weighted by atomic mass is 16.6. The van der Waals surface area contributed by atoms with Crippen LogP contribution in [0.5, 0.6) is 0 Å². The van der Waals surface area contributed by atoms with Crippen LogP contribution in [0.25, 0.3) is 17.1 Å². The fraction of sp³-hybridized carbons (Fsp3) is 0.400. The quantitative estimate of drug-likeness (QED) is 0.642. The second-order valence-electron chi connectivity index (χ2n) is 5.38. The number of aromatic nitrogens is 2. The number of aryl methyl sites for hydroxylation is 1. The van der Waals surface area contributed by atoms with Gasteiger partial charge in [-0.05, 0) is 25.3 Å². The first-order chi connectivity index (χ1) is 10.1. The van der Waals surface area contributed by atoms with Crippen molar-refractivity contribution in [3.05, 3.63) is 34.4 Å². The summed E-state index contributed by atoms with van der Waals surface area (Å²) >= 11 is 0. The molecule has 1 aliphatic heterocycles. The Morgan fingerprint density at radius 3 is 2.67 bits per heavy atom. The second kappa shape index (κ2) is 5.20. The van der Waals surface area contributed by atoms with Gasteiger partial charge in [0.05, 0.1) is 21.5 Å². The zero-order chi connectivity index (χ0) is 15.0. The second-order valence-corrected chi connectivity index (χ2v) is 5.38. The van der Waals surface area contributed by atoms with Crippen LogP contribution in [0.4, 0.5) is 11.6 Å². The van der Waals surface area contributed by atoms with Crippen molar-refractivity contribution in [3.63, 3.8) is 0 Å². The summed E-state index contributed by atoms with van der Waals surface area (Å²) in [5, 5.41) is 11.1. The minimum absolute atomic E-state index is 0.0563. The lowest BCUT2D eigenvalue weighted by Gasteiger charge is -2.27. The minimum Gasteiger partial charge on any atom is -0.342 e. The first-order valence-electron chi connectivity index (χ1n) is 7.14. The number of nitro benzene ring substituents is 1. The summed E-state index contributed by atoms with van der Waals surface area (Å²) in [4.78, 5) is 17.6. The van der Waals surface area contributed by atoms with E-state index in [4.69, 9.17) is 0 Å². The smallest absolute Gasteiger partial charge is 0.278 e. The Morgan fingerprint density at radius 2 is 2.05 bits per heavy atom. The lowest BCUT2D eigenvalue weighted by molar-refractivity contribution is -0.384. The molecule has 0 radical (unpaired) electrons. The van der Waals surface area contributed by atoms with Crippen LogP contribution in [-0.4, -0.2) is 27.6 Å². The van der Waals surface area contributed by atoms with E-state index in [0.717, 1.165) is 24.6 Å². The lowest BCUT2D eigenvalue weighted by atomic mass is 10.1. The van der Waals surface area contributed by atoms with Gasteiger partial charge in [0, 0.05) is 26.2 Å². The first kappa shape index (κ1) is 13.6. The van der Waals surface area contributed by atoms with Crippen molar-refractivity contribution in [2.45, 2.75) is 19.3 Å². The van der Waals surface area contributed by atoms with Crippen molar-refractivity contribution in [2.75, 3.05) is 18.0 Å². The van der Waals surface area contributed by atoms with E-state index in [-0.39, 0.29) is 10.6 Å². The maximum Gasteiger partial charge on any atom is 0.278 e. The van der Waals surface area contributed by atoms with Crippen molar-refractivity contribution in [3.8, 4) is 0 Å². The largest absolute Gasteiger partial charge is 0.342 e. The highest BCUT2D eigenvalue weighted by Gasteiger charge is 2.20. The SMILES string of the molecule is C=Cc1cc2c(cc1[N+](=O)[O-])nc(N1CCCCC1)n2C. The monoisotopic (exact) mass is 286 g/mol. The number of rotatable bonds is 3. The van der Waals surface area contributed by atoms with Gasteiger partial charge in [-0.25, -0.2) is 4.98 Å². The summed E-state index contributed by atoms with van der Waals surface area (Å²) in [6.07, 6.45) is 5.11. The van der Waals surface area contributed by atoms with Gasteiger partial charge in [0.1, 0.15) is 0 Å². The van der Waals surface area contributed by atoms with Gasteiger partial charge in [0.25, 0.3) is 5.69 Å². The van der Waals surface area contributed by atoms with E-state index in [1.165, 1.54) is 25.3 Å². The molecule has 2 aromatic rings. The summed E-state index contributed by atoms with van der Waals surface area (Å²) in [5.41, 5.74) is 2.15. The molecule has 0 saturated carbocycles. The molecule has 1 aromatic heterocycles. The predicted molar refractivity (Wildman–Crippen MR) is 83.5 cm³/mol. The van der Waals surface area contributed by atoms with Crippen molar-refractivity contribution in [1.82, 2.24) is 9.55 Å². The van der Waals surface area contributed by atoms with Gasteiger partial charge in [-0.1, -0.05) is 12.7 Å². The Hall–Kier alpha value is -2.37. The number of hydrogen-bond acceptors (Lipinski definition) is 4. The molecule has 0 amide bonds. The fourth-order valence-electron chi connectivity index (χ4n) is 2.93. The molecule has 0 spiro atoms. The van der Waals surface area contributed by atoms with Crippen LogP contribution >= 0.6 is 0 Å². The molecular formula is C15H18N4O2. The summed E-state index contributed by atoms with van der Waals surface area (Å²) in [5.74, 6) is 0.889. The molecule has 3 rings (SSSR count). The van der Waals surface area contributed by atoms with E-state index in [9.17, 15) is 10.1 Å². The molecule has 6 nitrogen and oxygen atoms in total. The summed E-state index contributed by atoms with van der Waals surface area (Å²) in [7, 11) is 1.96. The molecule has 0 N–H and O–H groups in total. The topological polar surface area (TPSA) is 64.2 Å². The normalized spacial score (nSPS) is 15.4. The van der Waals surface area contributed by atoms with E-state index >= 15 is 0 Å². The molecule has 0 unspecified atom stereocenters. The van der Waals surface area contributed by atoms with Crippen molar-refractivity contribution in [1.29, 1.82) is 0 Å². The number of anilines is 1. The van der Waals surface area contributed by atoms with Crippen LogP contribution in [0.3, 0.4) is 0 Å². The van der Waals surface area contributed by atoms with Gasteiger partial charge in [-0.2, -0.15) is 0 Å². The van der Waals surface area contributed by atoms with Crippen molar-refractivity contribution < 1.29 is 4.92 Å². The number of imidazole rings is 1.